The van der Waals surface area contributed by atoms with Crippen LogP contribution < -0.4 is 16.8 Å². The molecule has 4 rings (SSSR count). The molecule has 0 saturated carbocycles. The Morgan fingerprint density at radius 3 is 1.84 bits per heavy atom. The van der Waals surface area contributed by atoms with E-state index in [1.165, 1.54) is 0 Å². The first-order chi connectivity index (χ1) is 23.5. The van der Waals surface area contributed by atoms with Crippen molar-refractivity contribution in [1.29, 1.82) is 0 Å². The van der Waals surface area contributed by atoms with Gasteiger partial charge in [-0.15, -0.1) is 20.5 Å². The summed E-state index contributed by atoms with van der Waals surface area (Å²) in [5.41, 5.74) is 9.93. The number of aromatic nitrogens is 2. The van der Waals surface area contributed by atoms with Crippen LogP contribution >= 0.6 is 0 Å². The van der Waals surface area contributed by atoms with Gasteiger partial charge >= 0.3 is 16.5 Å². The number of anilines is 4. The zero-order chi connectivity index (χ0) is 37.9. The van der Waals surface area contributed by atoms with Gasteiger partial charge < -0.3 is 16.8 Å². The standard InChI is InChI=1S/C24H21F2N9O12S4/c25-22-11-23(31-24(26)30-22)29-12-1-4-20(49(38,39)40)19(7-12)35-34-18-10-17(14(27)9-15(18)28)33-32-16-3-2-13(8-21(16)50(41,42)43)48(36,37)6-5-47-51(44,45)46/h1-4,7-11H,5-6,27-28H2,(H,29,30,31)(H,38,39,40)(H,41,42,43)(H,44,45,46)/b33-32+,35-34+. The highest BCUT2D eigenvalue weighted by Crippen LogP contribution is 2.38. The lowest BCUT2D eigenvalue weighted by Crippen LogP contribution is -2.16. The molecule has 0 spiro atoms. The number of nitrogen functional groups attached to an aromatic ring is 2. The topological polar surface area (TPSA) is 346 Å². The quantitative estimate of drug-likeness (QED) is 0.0370. The number of nitrogens with two attached hydrogens (primary N) is 2. The first kappa shape index (κ1) is 38.6. The number of hydrogen-bond donors (Lipinski definition) is 6. The van der Waals surface area contributed by atoms with E-state index in [1.54, 1.807) is 0 Å². The van der Waals surface area contributed by atoms with E-state index in [4.69, 9.17) is 16.0 Å². The first-order valence-electron chi connectivity index (χ1n) is 13.1. The Hall–Kier alpha value is -5.16. The molecule has 272 valence electrons. The Morgan fingerprint density at radius 2 is 1.27 bits per heavy atom. The van der Waals surface area contributed by atoms with Gasteiger partial charge in [0, 0.05) is 11.8 Å². The molecule has 0 unspecified atom stereocenters. The van der Waals surface area contributed by atoms with Gasteiger partial charge in [-0.2, -0.15) is 44.0 Å². The van der Waals surface area contributed by atoms with E-state index in [0.29, 0.717) is 6.07 Å². The molecule has 0 radical (unpaired) electrons. The van der Waals surface area contributed by atoms with Crippen molar-refractivity contribution in [3.8, 4) is 0 Å². The van der Waals surface area contributed by atoms with Crippen LogP contribution in [0.25, 0.3) is 0 Å². The summed E-state index contributed by atoms with van der Waals surface area (Å²) in [6, 6.07) is 8.10. The molecule has 0 aliphatic heterocycles. The molecule has 0 saturated heterocycles. The summed E-state index contributed by atoms with van der Waals surface area (Å²) in [5.74, 6) is -2.60. The summed E-state index contributed by atoms with van der Waals surface area (Å²) in [4.78, 5) is 3.69. The Bertz CT molecular complexity index is 2520. The van der Waals surface area contributed by atoms with Crippen LogP contribution in [0.5, 0.6) is 0 Å². The molecule has 0 amide bonds. The number of azo groups is 2. The van der Waals surface area contributed by atoms with Crippen LogP contribution in [0.4, 0.5) is 54.4 Å². The molecule has 27 heteroatoms. The van der Waals surface area contributed by atoms with Gasteiger partial charge in [-0.25, -0.2) is 12.6 Å². The summed E-state index contributed by atoms with van der Waals surface area (Å²) in [6.07, 6.45) is -1.40. The van der Waals surface area contributed by atoms with Crippen molar-refractivity contribution in [2.75, 3.05) is 29.1 Å². The third kappa shape index (κ3) is 10.4. The van der Waals surface area contributed by atoms with Crippen molar-refractivity contribution in [3.63, 3.8) is 0 Å². The van der Waals surface area contributed by atoms with Crippen molar-refractivity contribution in [2.24, 2.45) is 20.5 Å². The van der Waals surface area contributed by atoms with Crippen molar-refractivity contribution in [2.45, 2.75) is 14.7 Å². The molecule has 8 N–H and O–H groups in total. The molecule has 3 aromatic carbocycles. The first-order valence-corrected chi connectivity index (χ1v) is 19.0. The fourth-order valence-corrected chi connectivity index (χ4v) is 6.68. The molecule has 0 aliphatic carbocycles. The number of nitrogens with one attached hydrogen (secondary N) is 1. The lowest BCUT2D eigenvalue weighted by molar-refractivity contribution is 0.284. The van der Waals surface area contributed by atoms with Crippen molar-refractivity contribution in [1.82, 2.24) is 9.97 Å². The number of benzene rings is 3. The minimum absolute atomic E-state index is 0.0199. The molecule has 1 aromatic heterocycles. The van der Waals surface area contributed by atoms with E-state index in [0.717, 1.165) is 48.5 Å². The molecule has 0 fully saturated rings. The maximum atomic E-state index is 13.5. The van der Waals surface area contributed by atoms with Crippen LogP contribution in [0.3, 0.4) is 0 Å². The average Bonchev–Trinajstić information content (AvgIpc) is 2.98. The Labute approximate surface area is 286 Å². The van der Waals surface area contributed by atoms with E-state index < -0.39 is 90.9 Å². The maximum absolute atomic E-state index is 13.5. The molecule has 51 heavy (non-hydrogen) atoms. The third-order valence-corrected chi connectivity index (χ3v) is 9.96. The van der Waals surface area contributed by atoms with Crippen LogP contribution in [-0.4, -0.2) is 69.7 Å². The number of hydrogen-bond acceptors (Lipinski definition) is 18. The second-order valence-corrected chi connectivity index (χ2v) is 15.7. The minimum Gasteiger partial charge on any atom is -0.397 e. The van der Waals surface area contributed by atoms with Gasteiger partial charge in [-0.1, -0.05) is 0 Å². The zero-order valence-corrected chi connectivity index (χ0v) is 28.1. The van der Waals surface area contributed by atoms with Crippen LogP contribution in [0.15, 0.2) is 89.7 Å². The average molecular weight is 794 g/mol. The van der Waals surface area contributed by atoms with Gasteiger partial charge in [-0.3, -0.25) is 13.7 Å². The third-order valence-electron chi connectivity index (χ3n) is 6.04. The van der Waals surface area contributed by atoms with Crippen molar-refractivity contribution < 1.29 is 60.3 Å². The number of halogens is 2. The zero-order valence-electron chi connectivity index (χ0n) is 24.9. The lowest BCUT2D eigenvalue weighted by atomic mass is 10.2. The van der Waals surface area contributed by atoms with E-state index >= 15 is 0 Å². The van der Waals surface area contributed by atoms with E-state index in [1.807, 2.05) is 0 Å². The SMILES string of the molecule is Nc1cc(N)c(/N=N/c2ccc(S(=O)(=O)CCOS(=O)(=O)O)cc2S(=O)(=O)O)cc1/N=N/c1cc(Nc2cc(F)nc(F)n2)ccc1S(=O)(=O)O. The molecule has 21 nitrogen and oxygen atoms in total. The van der Waals surface area contributed by atoms with Gasteiger partial charge in [0.15, 0.2) is 9.84 Å². The van der Waals surface area contributed by atoms with E-state index in [-0.39, 0.29) is 34.3 Å². The smallest absolute Gasteiger partial charge is 0.397 e. The van der Waals surface area contributed by atoms with E-state index in [2.05, 4.69) is 39.9 Å². The molecule has 0 bridgehead atoms. The van der Waals surface area contributed by atoms with E-state index in [9.17, 15) is 51.6 Å². The molecule has 0 aliphatic rings. The monoisotopic (exact) mass is 793 g/mol. The molecule has 0 atom stereocenters. The number of nitrogens with zero attached hydrogens (tertiary/aromatic N) is 6. The predicted molar refractivity (Wildman–Crippen MR) is 171 cm³/mol. The van der Waals surface area contributed by atoms with Crippen LogP contribution in [-0.2, 0) is 44.7 Å². The summed E-state index contributed by atoms with van der Waals surface area (Å²) in [5, 5.41) is 17.6. The van der Waals surface area contributed by atoms with Gasteiger partial charge in [0.25, 0.3) is 20.2 Å². The molecule has 4 aromatic rings. The maximum Gasteiger partial charge on any atom is 0.397 e. The van der Waals surface area contributed by atoms with Gasteiger partial charge in [-0.05, 0) is 48.5 Å². The lowest BCUT2D eigenvalue weighted by Gasteiger charge is -2.09. The Kier molecular flexibility index (Phi) is 11.1. The van der Waals surface area contributed by atoms with Gasteiger partial charge in [0.2, 0.25) is 5.95 Å². The second-order valence-electron chi connectivity index (χ2n) is 9.67. The highest BCUT2D eigenvalue weighted by Gasteiger charge is 2.23. The van der Waals surface area contributed by atoms with Gasteiger partial charge in [0.05, 0.1) is 28.6 Å². The van der Waals surface area contributed by atoms with Gasteiger partial charge in [0.1, 0.15) is 38.4 Å². The number of rotatable bonds is 13. The minimum atomic E-state index is -5.16. The molecular weight excluding hydrogens is 773 g/mol. The van der Waals surface area contributed by atoms with Crippen LogP contribution in [0, 0.1) is 12.0 Å². The molecular formula is C24H21F2N9O12S4. The highest BCUT2D eigenvalue weighted by atomic mass is 32.3. The summed E-state index contributed by atoms with van der Waals surface area (Å²) in [7, 11) is -19.5. The van der Waals surface area contributed by atoms with Crippen LogP contribution in [0.1, 0.15) is 0 Å². The largest absolute Gasteiger partial charge is 0.397 e. The number of sulfone groups is 1. The fourth-order valence-electron chi connectivity index (χ4n) is 3.84. The normalized spacial score (nSPS) is 12.9. The molecule has 1 heterocycles. The Morgan fingerprint density at radius 1 is 0.686 bits per heavy atom. The Balaban J connectivity index is 1.69. The summed E-state index contributed by atoms with van der Waals surface area (Å²) in [6.45, 7) is -1.02. The predicted octanol–water partition coefficient (Wildman–Crippen LogP) is 3.58. The second kappa shape index (κ2) is 14.6. The van der Waals surface area contributed by atoms with Crippen LogP contribution in [0.2, 0.25) is 0 Å². The van der Waals surface area contributed by atoms with Crippen molar-refractivity contribution >= 4 is 86.1 Å². The highest BCUT2D eigenvalue weighted by molar-refractivity contribution is 7.91. The summed E-state index contributed by atoms with van der Waals surface area (Å²) >= 11 is 0. The van der Waals surface area contributed by atoms with Crippen molar-refractivity contribution in [3.05, 3.63) is 66.6 Å². The fraction of sp³-hybridized carbons (Fsp3) is 0.0833. The summed E-state index contributed by atoms with van der Waals surface area (Å²) < 4.78 is 153.